The number of amides is 1. The standard InChI is InChI=1S/C19H22N2O3S/c1-14-6-10-25-17(14)18(22)21-9-4-7-19(13-21)11-15(12-23-19)24-16-5-2-3-8-20-16/h2-3,5-6,8,10,15H,4,7,9,11-13H2,1H3/t15-,19+/m1/s1. The molecule has 2 atom stereocenters. The first-order chi connectivity index (χ1) is 12.2. The number of hydrogen-bond acceptors (Lipinski definition) is 5. The predicted molar refractivity (Wildman–Crippen MR) is 96.1 cm³/mol. The van der Waals surface area contributed by atoms with Crippen molar-refractivity contribution in [3.63, 3.8) is 0 Å². The zero-order valence-corrected chi connectivity index (χ0v) is 15.1. The molecule has 2 aromatic heterocycles. The molecule has 2 saturated heterocycles. The summed E-state index contributed by atoms with van der Waals surface area (Å²) in [5, 5.41) is 1.98. The molecule has 25 heavy (non-hydrogen) atoms. The van der Waals surface area contributed by atoms with Crippen LogP contribution in [0.15, 0.2) is 35.8 Å². The highest BCUT2D eigenvalue weighted by Crippen LogP contribution is 2.36. The van der Waals surface area contributed by atoms with E-state index in [1.807, 2.05) is 41.5 Å². The SMILES string of the molecule is Cc1ccsc1C(=O)N1CCC[C@]2(C[C@@H](Oc3ccccn3)CO2)C1. The largest absolute Gasteiger partial charge is 0.472 e. The quantitative estimate of drug-likeness (QED) is 0.845. The Morgan fingerprint density at radius 2 is 2.36 bits per heavy atom. The van der Waals surface area contributed by atoms with Crippen molar-refractivity contribution in [1.29, 1.82) is 0 Å². The van der Waals surface area contributed by atoms with Crippen molar-refractivity contribution >= 4 is 17.2 Å². The molecule has 2 aliphatic heterocycles. The number of rotatable bonds is 3. The van der Waals surface area contributed by atoms with Gasteiger partial charge in [-0.15, -0.1) is 11.3 Å². The molecular formula is C19H22N2O3S. The first kappa shape index (κ1) is 16.5. The summed E-state index contributed by atoms with van der Waals surface area (Å²) in [6.07, 6.45) is 4.46. The molecule has 0 radical (unpaired) electrons. The summed E-state index contributed by atoms with van der Waals surface area (Å²) >= 11 is 1.52. The minimum atomic E-state index is -0.279. The molecule has 1 spiro atoms. The number of hydrogen-bond donors (Lipinski definition) is 0. The van der Waals surface area contributed by atoms with E-state index in [4.69, 9.17) is 9.47 Å². The highest BCUT2D eigenvalue weighted by Gasteiger charge is 2.45. The van der Waals surface area contributed by atoms with E-state index in [0.29, 0.717) is 19.0 Å². The Balaban J connectivity index is 1.42. The summed E-state index contributed by atoms with van der Waals surface area (Å²) in [5.41, 5.74) is 0.775. The van der Waals surface area contributed by atoms with Crippen molar-refractivity contribution in [2.45, 2.75) is 37.9 Å². The first-order valence-electron chi connectivity index (χ1n) is 8.70. The molecule has 132 valence electrons. The topological polar surface area (TPSA) is 51.7 Å². The van der Waals surface area contributed by atoms with Gasteiger partial charge in [-0.3, -0.25) is 4.79 Å². The van der Waals surface area contributed by atoms with Crippen LogP contribution >= 0.6 is 11.3 Å². The van der Waals surface area contributed by atoms with E-state index >= 15 is 0 Å². The van der Waals surface area contributed by atoms with E-state index in [1.165, 1.54) is 11.3 Å². The lowest BCUT2D eigenvalue weighted by Gasteiger charge is -2.39. The number of aromatic nitrogens is 1. The second kappa shape index (κ2) is 6.77. The van der Waals surface area contributed by atoms with Gasteiger partial charge in [-0.25, -0.2) is 4.98 Å². The van der Waals surface area contributed by atoms with Crippen molar-refractivity contribution in [2.24, 2.45) is 0 Å². The number of pyridine rings is 1. The minimum absolute atomic E-state index is 0.00609. The van der Waals surface area contributed by atoms with Crippen LogP contribution in [0.3, 0.4) is 0 Å². The van der Waals surface area contributed by atoms with Crippen LogP contribution in [0.4, 0.5) is 0 Å². The summed E-state index contributed by atoms with van der Waals surface area (Å²) in [6, 6.07) is 7.65. The summed E-state index contributed by atoms with van der Waals surface area (Å²) < 4.78 is 12.1. The van der Waals surface area contributed by atoms with Crippen molar-refractivity contribution in [2.75, 3.05) is 19.7 Å². The van der Waals surface area contributed by atoms with Gasteiger partial charge < -0.3 is 14.4 Å². The van der Waals surface area contributed by atoms with Gasteiger partial charge in [0.2, 0.25) is 5.88 Å². The van der Waals surface area contributed by atoms with E-state index in [0.717, 1.165) is 36.2 Å². The molecule has 5 nitrogen and oxygen atoms in total. The third-order valence-corrected chi connectivity index (χ3v) is 5.99. The lowest BCUT2D eigenvalue weighted by atomic mass is 9.89. The zero-order chi connectivity index (χ0) is 17.3. The normalized spacial score (nSPS) is 26.1. The van der Waals surface area contributed by atoms with Gasteiger partial charge in [-0.1, -0.05) is 6.07 Å². The molecule has 0 N–H and O–H groups in total. The fraction of sp³-hybridized carbons (Fsp3) is 0.474. The highest BCUT2D eigenvalue weighted by atomic mass is 32.1. The Morgan fingerprint density at radius 1 is 1.44 bits per heavy atom. The first-order valence-corrected chi connectivity index (χ1v) is 9.58. The van der Waals surface area contributed by atoms with Crippen molar-refractivity contribution in [3.8, 4) is 5.88 Å². The number of thiophene rings is 1. The number of carbonyl (C=O) groups excluding carboxylic acids is 1. The van der Waals surface area contributed by atoms with Gasteiger partial charge in [0.1, 0.15) is 6.10 Å². The van der Waals surface area contributed by atoms with Crippen LogP contribution in [-0.4, -0.2) is 47.2 Å². The average molecular weight is 358 g/mol. The van der Waals surface area contributed by atoms with Crippen LogP contribution in [0.25, 0.3) is 0 Å². The summed E-state index contributed by atoms with van der Waals surface area (Å²) in [6.45, 7) is 3.99. The highest BCUT2D eigenvalue weighted by molar-refractivity contribution is 7.12. The lowest BCUT2D eigenvalue weighted by molar-refractivity contribution is -0.0452. The Kier molecular flexibility index (Phi) is 4.48. The molecule has 0 aliphatic carbocycles. The van der Waals surface area contributed by atoms with Gasteiger partial charge in [-0.05, 0) is 42.8 Å². The van der Waals surface area contributed by atoms with E-state index in [1.54, 1.807) is 6.20 Å². The molecule has 0 unspecified atom stereocenters. The number of likely N-dealkylation sites (tertiary alicyclic amines) is 1. The van der Waals surface area contributed by atoms with Crippen LogP contribution in [-0.2, 0) is 4.74 Å². The maximum Gasteiger partial charge on any atom is 0.264 e. The predicted octanol–water partition coefficient (Wildman–Crippen LogP) is 3.29. The average Bonchev–Trinajstić information content (AvgIpc) is 3.22. The van der Waals surface area contributed by atoms with Gasteiger partial charge in [0, 0.05) is 25.2 Å². The van der Waals surface area contributed by atoms with Crippen LogP contribution in [0.2, 0.25) is 0 Å². The van der Waals surface area contributed by atoms with Gasteiger partial charge in [-0.2, -0.15) is 0 Å². The number of aryl methyl sites for hydroxylation is 1. The van der Waals surface area contributed by atoms with E-state index in [-0.39, 0.29) is 17.6 Å². The minimum Gasteiger partial charge on any atom is -0.472 e. The van der Waals surface area contributed by atoms with Crippen LogP contribution in [0.1, 0.15) is 34.5 Å². The van der Waals surface area contributed by atoms with Gasteiger partial charge in [0.15, 0.2) is 0 Å². The monoisotopic (exact) mass is 358 g/mol. The van der Waals surface area contributed by atoms with Crippen LogP contribution in [0, 0.1) is 6.92 Å². The maximum atomic E-state index is 12.8. The molecule has 0 aromatic carbocycles. The van der Waals surface area contributed by atoms with E-state index in [9.17, 15) is 4.79 Å². The molecule has 4 heterocycles. The third-order valence-electron chi connectivity index (χ3n) is 4.98. The van der Waals surface area contributed by atoms with Crippen molar-refractivity contribution in [3.05, 3.63) is 46.3 Å². The number of ether oxygens (including phenoxy) is 2. The molecule has 4 rings (SSSR count). The molecule has 1 amide bonds. The smallest absolute Gasteiger partial charge is 0.264 e. The second-order valence-corrected chi connectivity index (χ2v) is 7.79. The summed E-state index contributed by atoms with van der Waals surface area (Å²) in [5.74, 6) is 0.760. The second-order valence-electron chi connectivity index (χ2n) is 6.87. The van der Waals surface area contributed by atoms with Gasteiger partial charge in [0.05, 0.1) is 23.6 Å². The van der Waals surface area contributed by atoms with E-state index in [2.05, 4.69) is 4.98 Å². The third kappa shape index (κ3) is 3.41. The maximum absolute atomic E-state index is 12.8. The Bertz CT molecular complexity index is 748. The Morgan fingerprint density at radius 3 is 3.12 bits per heavy atom. The summed E-state index contributed by atoms with van der Waals surface area (Å²) in [4.78, 5) is 19.8. The summed E-state index contributed by atoms with van der Waals surface area (Å²) in [7, 11) is 0. The molecule has 6 heteroatoms. The van der Waals surface area contributed by atoms with Crippen molar-refractivity contribution in [1.82, 2.24) is 9.88 Å². The number of piperidine rings is 1. The van der Waals surface area contributed by atoms with Crippen LogP contribution in [0.5, 0.6) is 5.88 Å². The number of carbonyl (C=O) groups is 1. The molecule has 0 bridgehead atoms. The van der Waals surface area contributed by atoms with Gasteiger partial charge >= 0.3 is 0 Å². The molecular weight excluding hydrogens is 336 g/mol. The van der Waals surface area contributed by atoms with Crippen molar-refractivity contribution < 1.29 is 14.3 Å². The fourth-order valence-electron chi connectivity index (χ4n) is 3.76. The molecule has 0 saturated carbocycles. The van der Waals surface area contributed by atoms with E-state index < -0.39 is 0 Å². The lowest BCUT2D eigenvalue weighted by Crippen LogP contribution is -2.50. The number of nitrogens with zero attached hydrogens (tertiary/aromatic N) is 2. The molecule has 2 aliphatic rings. The zero-order valence-electron chi connectivity index (χ0n) is 14.3. The molecule has 2 fully saturated rings. The Hall–Kier alpha value is -1.92. The Labute approximate surface area is 151 Å². The van der Waals surface area contributed by atoms with Crippen LogP contribution < -0.4 is 4.74 Å². The molecule has 2 aromatic rings. The van der Waals surface area contributed by atoms with Gasteiger partial charge in [0.25, 0.3) is 5.91 Å². The fourth-order valence-corrected chi connectivity index (χ4v) is 4.65.